The lowest BCUT2D eigenvalue weighted by molar-refractivity contribution is -0.126. The van der Waals surface area contributed by atoms with Gasteiger partial charge in [0.15, 0.2) is 6.29 Å². The monoisotopic (exact) mass is 423 g/mol. The third kappa shape index (κ3) is 4.76. The first-order valence-electron chi connectivity index (χ1n) is 10.3. The van der Waals surface area contributed by atoms with Gasteiger partial charge in [0.1, 0.15) is 11.5 Å². The summed E-state index contributed by atoms with van der Waals surface area (Å²) in [5.41, 5.74) is 1.60. The number of nitrogens with zero attached hydrogens (tertiary/aromatic N) is 3. The number of aromatic nitrogens is 2. The predicted molar refractivity (Wildman–Crippen MR) is 112 cm³/mol. The summed E-state index contributed by atoms with van der Waals surface area (Å²) in [4.78, 5) is 18.5. The number of carbonyl (C=O) groups excluding carboxylic acids is 1. The highest BCUT2D eigenvalue weighted by molar-refractivity contribution is 5.57. The van der Waals surface area contributed by atoms with E-state index in [2.05, 4.69) is 10.1 Å². The lowest BCUT2D eigenvalue weighted by Crippen LogP contribution is -2.45. The molecular weight excluding hydrogens is 398 g/mol. The van der Waals surface area contributed by atoms with Crippen molar-refractivity contribution in [1.29, 1.82) is 0 Å². The Hall–Kier alpha value is -3.23. The minimum absolute atomic E-state index is 0.0424. The van der Waals surface area contributed by atoms with Crippen molar-refractivity contribution in [2.24, 2.45) is 0 Å². The average Bonchev–Trinajstić information content (AvgIpc) is 3.33. The lowest BCUT2D eigenvalue weighted by Gasteiger charge is -2.36. The predicted octanol–water partition coefficient (Wildman–Crippen LogP) is 3.37. The first kappa shape index (κ1) is 21.0. The molecule has 4 rings (SSSR count). The number of hydrogen-bond donors (Lipinski definition) is 1. The molecule has 0 radical (unpaired) electrons. The molecule has 1 aliphatic heterocycles. The first-order chi connectivity index (χ1) is 15.2. The van der Waals surface area contributed by atoms with E-state index in [0.29, 0.717) is 24.0 Å². The summed E-state index contributed by atoms with van der Waals surface area (Å²) in [7, 11) is 1.62. The number of methoxy groups -OCH3 is 1. The molecule has 1 saturated heterocycles. The molecule has 0 amide bonds. The molecule has 1 aliphatic rings. The van der Waals surface area contributed by atoms with Crippen LogP contribution < -0.4 is 9.47 Å². The average molecular weight is 423 g/mol. The maximum absolute atomic E-state index is 11.9. The molecule has 2 aromatic carbocycles. The second-order valence-electron chi connectivity index (χ2n) is 7.38. The minimum Gasteiger partial charge on any atom is -0.497 e. The molecule has 0 bridgehead atoms. The van der Waals surface area contributed by atoms with Crippen LogP contribution in [0.25, 0.3) is 11.4 Å². The Morgan fingerprint density at radius 3 is 2.58 bits per heavy atom. The van der Waals surface area contributed by atoms with Gasteiger partial charge < -0.3 is 19.1 Å². The van der Waals surface area contributed by atoms with E-state index in [1.807, 2.05) is 29.2 Å². The quantitative estimate of drug-likeness (QED) is 0.551. The Kier molecular flexibility index (Phi) is 6.59. The molecule has 8 heteroatoms. The zero-order chi connectivity index (χ0) is 21.6. The van der Waals surface area contributed by atoms with Crippen LogP contribution in [0.4, 0.5) is 0 Å². The van der Waals surface area contributed by atoms with Crippen molar-refractivity contribution in [2.45, 2.75) is 38.1 Å². The van der Waals surface area contributed by atoms with Gasteiger partial charge in [0.25, 0.3) is 0 Å². The fourth-order valence-corrected chi connectivity index (χ4v) is 3.74. The highest BCUT2D eigenvalue weighted by atomic mass is 16.5. The lowest BCUT2D eigenvalue weighted by atomic mass is 10.0. The largest absolute Gasteiger partial charge is 0.497 e. The summed E-state index contributed by atoms with van der Waals surface area (Å²) in [6.07, 6.45) is 2.76. The topological polar surface area (TPSA) is 97.9 Å². The molecule has 8 nitrogen and oxygen atoms in total. The van der Waals surface area contributed by atoms with Gasteiger partial charge in [-0.2, -0.15) is 4.98 Å². The number of aliphatic hydroxyl groups is 1. The number of piperidine rings is 1. The number of aliphatic hydroxyl groups excluding tert-OH is 1. The molecule has 0 saturated carbocycles. The Morgan fingerprint density at radius 2 is 1.90 bits per heavy atom. The van der Waals surface area contributed by atoms with Crippen molar-refractivity contribution in [1.82, 2.24) is 15.0 Å². The summed E-state index contributed by atoms with van der Waals surface area (Å²) in [6.45, 7) is 0.641. The molecule has 1 fully saturated rings. The molecule has 1 aromatic heterocycles. The third-order valence-corrected chi connectivity index (χ3v) is 5.43. The van der Waals surface area contributed by atoms with Crippen molar-refractivity contribution >= 4 is 6.29 Å². The van der Waals surface area contributed by atoms with E-state index < -0.39 is 6.23 Å². The number of benzene rings is 2. The summed E-state index contributed by atoms with van der Waals surface area (Å²) in [5.74, 6) is 2.27. The van der Waals surface area contributed by atoms with E-state index in [0.717, 1.165) is 42.4 Å². The molecular formula is C23H25N3O5. The van der Waals surface area contributed by atoms with Crippen LogP contribution in [0.2, 0.25) is 0 Å². The standard InChI is InChI=1S/C23H25N3O5/c1-29-18-11-7-17(8-12-18)22-24-23(31-25-22)20-4-2-3-13-26(20)21(15-28)30-19-9-5-16(14-27)6-10-19/h5-12,15,20-21,27H,2-4,13-14H2,1H3/t20?,21-/m1/s1. The van der Waals surface area contributed by atoms with E-state index in [9.17, 15) is 9.90 Å². The molecule has 1 unspecified atom stereocenters. The van der Waals surface area contributed by atoms with Crippen molar-refractivity contribution in [2.75, 3.05) is 13.7 Å². The van der Waals surface area contributed by atoms with Gasteiger partial charge >= 0.3 is 0 Å². The van der Waals surface area contributed by atoms with E-state index >= 15 is 0 Å². The maximum Gasteiger partial charge on any atom is 0.244 e. The van der Waals surface area contributed by atoms with Gasteiger partial charge in [-0.1, -0.05) is 23.7 Å². The zero-order valence-corrected chi connectivity index (χ0v) is 17.3. The SMILES string of the molecule is COc1ccc(-c2noc(C3CCCCN3[C@@H](C=O)Oc3ccc(CO)cc3)n2)cc1. The number of carbonyl (C=O) groups is 1. The van der Waals surface area contributed by atoms with Crippen LogP contribution in [-0.2, 0) is 11.4 Å². The highest BCUT2D eigenvalue weighted by Gasteiger charge is 2.34. The van der Waals surface area contributed by atoms with Crippen molar-refractivity contribution < 1.29 is 23.9 Å². The molecule has 31 heavy (non-hydrogen) atoms. The fraction of sp³-hybridized carbons (Fsp3) is 0.348. The Labute approximate surface area is 180 Å². The van der Waals surface area contributed by atoms with Crippen molar-refractivity contribution in [3.05, 3.63) is 60.0 Å². The Balaban J connectivity index is 1.53. The first-order valence-corrected chi connectivity index (χ1v) is 10.3. The Morgan fingerprint density at radius 1 is 1.16 bits per heavy atom. The van der Waals surface area contributed by atoms with E-state index in [4.69, 9.17) is 14.0 Å². The van der Waals surface area contributed by atoms with Crippen molar-refractivity contribution in [3.8, 4) is 22.9 Å². The number of aldehydes is 1. The van der Waals surface area contributed by atoms with E-state index in [-0.39, 0.29) is 12.6 Å². The summed E-state index contributed by atoms with van der Waals surface area (Å²) in [6, 6.07) is 14.3. The van der Waals surface area contributed by atoms with Crippen LogP contribution in [-0.4, -0.2) is 46.3 Å². The molecule has 1 N–H and O–H groups in total. The summed E-state index contributed by atoms with van der Waals surface area (Å²) in [5, 5.41) is 13.3. The summed E-state index contributed by atoms with van der Waals surface area (Å²) >= 11 is 0. The van der Waals surface area contributed by atoms with Gasteiger partial charge in [-0.05, 0) is 54.8 Å². The molecule has 0 spiro atoms. The number of likely N-dealkylation sites (tertiary alicyclic amines) is 1. The molecule has 3 aromatic rings. The number of rotatable bonds is 8. The smallest absolute Gasteiger partial charge is 0.244 e. The van der Waals surface area contributed by atoms with Crippen LogP contribution in [0.1, 0.15) is 36.8 Å². The van der Waals surface area contributed by atoms with Crippen LogP contribution in [0.15, 0.2) is 53.1 Å². The third-order valence-electron chi connectivity index (χ3n) is 5.43. The normalized spacial score (nSPS) is 17.8. The van der Waals surface area contributed by atoms with Crippen LogP contribution in [0.5, 0.6) is 11.5 Å². The van der Waals surface area contributed by atoms with Crippen LogP contribution in [0.3, 0.4) is 0 Å². The molecule has 162 valence electrons. The number of hydrogen-bond acceptors (Lipinski definition) is 8. The van der Waals surface area contributed by atoms with Gasteiger partial charge in [0.05, 0.1) is 19.8 Å². The molecule has 2 heterocycles. The Bertz CT molecular complexity index is 987. The van der Waals surface area contributed by atoms with E-state index in [1.165, 1.54) is 0 Å². The molecule has 2 atom stereocenters. The highest BCUT2D eigenvalue weighted by Crippen LogP contribution is 2.33. The van der Waals surface area contributed by atoms with E-state index in [1.54, 1.807) is 31.4 Å². The van der Waals surface area contributed by atoms with Gasteiger partial charge in [0.2, 0.25) is 17.9 Å². The summed E-state index contributed by atoms with van der Waals surface area (Å²) < 4.78 is 16.7. The van der Waals surface area contributed by atoms with Crippen LogP contribution >= 0.6 is 0 Å². The maximum atomic E-state index is 11.9. The minimum atomic E-state index is -0.776. The fourth-order valence-electron chi connectivity index (χ4n) is 3.74. The molecule has 0 aliphatic carbocycles. The van der Waals surface area contributed by atoms with Gasteiger partial charge in [-0.25, -0.2) is 0 Å². The van der Waals surface area contributed by atoms with Gasteiger partial charge in [0, 0.05) is 12.1 Å². The number of ether oxygens (including phenoxy) is 2. The second-order valence-corrected chi connectivity index (χ2v) is 7.38. The van der Waals surface area contributed by atoms with Crippen molar-refractivity contribution in [3.63, 3.8) is 0 Å². The second kappa shape index (κ2) is 9.72. The zero-order valence-electron chi connectivity index (χ0n) is 17.3. The van der Waals surface area contributed by atoms with Gasteiger partial charge in [-0.15, -0.1) is 0 Å². The van der Waals surface area contributed by atoms with Gasteiger partial charge in [-0.3, -0.25) is 9.69 Å². The van der Waals surface area contributed by atoms with Crippen LogP contribution in [0, 0.1) is 0 Å².